The highest BCUT2D eigenvalue weighted by atomic mass is 16.5. The summed E-state index contributed by atoms with van der Waals surface area (Å²) in [5.41, 5.74) is 3.35. The van der Waals surface area contributed by atoms with Gasteiger partial charge in [0, 0.05) is 7.05 Å². The highest BCUT2D eigenvalue weighted by Gasteiger charge is 2.29. The lowest BCUT2D eigenvalue weighted by molar-refractivity contribution is 0.163. The van der Waals surface area contributed by atoms with Crippen molar-refractivity contribution in [3.8, 4) is 23.3 Å². The predicted molar refractivity (Wildman–Crippen MR) is 86.6 cm³/mol. The molecule has 23 heavy (non-hydrogen) atoms. The van der Waals surface area contributed by atoms with Crippen molar-refractivity contribution in [3.63, 3.8) is 0 Å². The fourth-order valence-corrected chi connectivity index (χ4v) is 2.66. The maximum atomic E-state index is 8.99. The van der Waals surface area contributed by atoms with Crippen molar-refractivity contribution in [2.24, 2.45) is 0 Å². The lowest BCUT2D eigenvalue weighted by atomic mass is 10.0. The summed E-state index contributed by atoms with van der Waals surface area (Å²) in [6, 6.07) is 22.1. The maximum Gasteiger partial charge on any atom is 0.219 e. The van der Waals surface area contributed by atoms with E-state index in [4.69, 9.17) is 15.3 Å². The molecule has 1 unspecified atom stereocenters. The quantitative estimate of drug-likeness (QED) is 0.795. The number of nitrogens with zero attached hydrogens (tertiary/aromatic N) is 3. The molecule has 1 saturated heterocycles. The minimum Gasteiger partial charge on any atom is -0.468 e. The van der Waals surface area contributed by atoms with E-state index in [9.17, 15) is 0 Å². The molecule has 0 radical (unpaired) electrons. The Hall–Kier alpha value is -3.24. The number of allylic oxidation sites excluding steroid dienone is 1. The summed E-state index contributed by atoms with van der Waals surface area (Å²) in [6.45, 7) is 0.618. The van der Waals surface area contributed by atoms with Gasteiger partial charge in [-0.05, 0) is 16.7 Å². The van der Waals surface area contributed by atoms with E-state index in [1.165, 1.54) is 5.56 Å². The molecule has 0 N–H and O–H groups in total. The number of hydrogen-bond donors (Lipinski definition) is 0. The van der Waals surface area contributed by atoms with Gasteiger partial charge in [-0.25, -0.2) is 0 Å². The summed E-state index contributed by atoms with van der Waals surface area (Å²) >= 11 is 0. The van der Waals surface area contributed by atoms with Crippen molar-refractivity contribution < 1.29 is 4.74 Å². The van der Waals surface area contributed by atoms with Gasteiger partial charge < -0.3 is 9.64 Å². The maximum absolute atomic E-state index is 8.99. The molecule has 1 fully saturated rings. The summed E-state index contributed by atoms with van der Waals surface area (Å²) < 4.78 is 5.81. The van der Waals surface area contributed by atoms with Crippen LogP contribution in [0.25, 0.3) is 11.1 Å². The van der Waals surface area contributed by atoms with Gasteiger partial charge >= 0.3 is 0 Å². The van der Waals surface area contributed by atoms with Crippen molar-refractivity contribution in [2.45, 2.75) is 6.10 Å². The lowest BCUT2D eigenvalue weighted by Crippen LogP contribution is -2.13. The highest BCUT2D eigenvalue weighted by molar-refractivity contribution is 5.63. The van der Waals surface area contributed by atoms with E-state index in [0.29, 0.717) is 12.4 Å². The Morgan fingerprint density at radius 3 is 2.22 bits per heavy atom. The Morgan fingerprint density at radius 1 is 1.00 bits per heavy atom. The number of benzene rings is 2. The largest absolute Gasteiger partial charge is 0.468 e. The molecule has 1 aliphatic heterocycles. The van der Waals surface area contributed by atoms with Crippen molar-refractivity contribution >= 4 is 0 Å². The van der Waals surface area contributed by atoms with Crippen molar-refractivity contribution in [1.82, 2.24) is 4.90 Å². The number of hydrogen-bond acceptors (Lipinski definition) is 4. The molecule has 1 aliphatic rings. The topological polar surface area (TPSA) is 60.0 Å². The normalized spacial score (nSPS) is 16.4. The first kappa shape index (κ1) is 14.7. The van der Waals surface area contributed by atoms with Crippen LogP contribution in [0.5, 0.6) is 0 Å². The molecule has 1 atom stereocenters. The summed E-state index contributed by atoms with van der Waals surface area (Å²) in [5, 5.41) is 18.0. The third-order valence-electron chi connectivity index (χ3n) is 3.87. The molecule has 4 nitrogen and oxygen atoms in total. The Labute approximate surface area is 135 Å². The average molecular weight is 301 g/mol. The SMILES string of the molecule is CN1CC(c2ccc(-c3ccccc3)cc2)OC1=C(C#N)C#N. The van der Waals surface area contributed by atoms with Gasteiger partial charge in [0.05, 0.1) is 6.54 Å². The molecule has 0 spiro atoms. The standard InChI is InChI=1S/C19H15N3O/c1-22-13-18(23-19(22)17(11-20)12-21)16-9-7-15(8-10-16)14-5-3-2-4-6-14/h2-10,18H,13H2,1H3. The van der Waals surface area contributed by atoms with E-state index in [-0.39, 0.29) is 11.7 Å². The number of nitriles is 2. The minimum absolute atomic E-state index is 0.0101. The molecular formula is C19H15N3O. The van der Waals surface area contributed by atoms with Crippen LogP contribution in [-0.4, -0.2) is 18.5 Å². The van der Waals surface area contributed by atoms with Gasteiger partial charge in [-0.2, -0.15) is 10.5 Å². The third kappa shape index (κ3) is 2.88. The molecule has 112 valence electrons. The van der Waals surface area contributed by atoms with Crippen molar-refractivity contribution in [1.29, 1.82) is 10.5 Å². The van der Waals surface area contributed by atoms with Crippen LogP contribution in [0.4, 0.5) is 0 Å². The summed E-state index contributed by atoms with van der Waals surface area (Å²) in [6.07, 6.45) is -0.170. The first-order valence-electron chi connectivity index (χ1n) is 7.30. The van der Waals surface area contributed by atoms with E-state index in [2.05, 4.69) is 24.3 Å². The van der Waals surface area contributed by atoms with E-state index in [1.54, 1.807) is 4.90 Å². The molecular weight excluding hydrogens is 286 g/mol. The Balaban J connectivity index is 1.83. The van der Waals surface area contributed by atoms with Gasteiger partial charge in [-0.3, -0.25) is 0 Å². The molecule has 3 rings (SSSR count). The van der Waals surface area contributed by atoms with Crippen LogP contribution in [-0.2, 0) is 4.74 Å². The molecule has 0 aromatic heterocycles. The van der Waals surface area contributed by atoms with Crippen molar-refractivity contribution in [3.05, 3.63) is 71.6 Å². The molecule has 1 heterocycles. The van der Waals surface area contributed by atoms with Gasteiger partial charge in [0.25, 0.3) is 0 Å². The minimum atomic E-state index is -0.170. The highest BCUT2D eigenvalue weighted by Crippen LogP contribution is 2.32. The number of likely N-dealkylation sites (N-methyl/N-ethyl adjacent to an activating group) is 1. The molecule has 4 heteroatoms. The first-order chi connectivity index (χ1) is 11.2. The second-order valence-electron chi connectivity index (χ2n) is 5.38. The summed E-state index contributed by atoms with van der Waals surface area (Å²) in [5.74, 6) is 0.354. The smallest absolute Gasteiger partial charge is 0.219 e. The fraction of sp³-hybridized carbons (Fsp3) is 0.158. The average Bonchev–Trinajstić information content (AvgIpc) is 2.99. The monoisotopic (exact) mass is 301 g/mol. The summed E-state index contributed by atoms with van der Waals surface area (Å²) in [7, 11) is 1.82. The molecule has 0 aliphatic carbocycles. The molecule has 2 aromatic carbocycles. The van der Waals surface area contributed by atoms with Crippen molar-refractivity contribution in [2.75, 3.05) is 13.6 Å². The lowest BCUT2D eigenvalue weighted by Gasteiger charge is -2.10. The molecule has 0 saturated carbocycles. The molecule has 0 bridgehead atoms. The Bertz CT molecular complexity index is 794. The van der Waals surface area contributed by atoms with E-state index >= 15 is 0 Å². The van der Waals surface area contributed by atoms with E-state index in [1.807, 2.05) is 49.5 Å². The predicted octanol–water partition coefficient (Wildman–Crippen LogP) is 3.62. The Morgan fingerprint density at radius 2 is 1.61 bits per heavy atom. The first-order valence-corrected chi connectivity index (χ1v) is 7.30. The molecule has 0 amide bonds. The number of ether oxygens (including phenoxy) is 1. The van der Waals surface area contributed by atoms with Gasteiger partial charge in [0.2, 0.25) is 5.88 Å². The zero-order chi connectivity index (χ0) is 16.2. The zero-order valence-electron chi connectivity index (χ0n) is 12.7. The second kappa shape index (κ2) is 6.25. The molecule has 2 aromatic rings. The fourth-order valence-electron chi connectivity index (χ4n) is 2.66. The Kier molecular flexibility index (Phi) is 3.99. The zero-order valence-corrected chi connectivity index (χ0v) is 12.7. The third-order valence-corrected chi connectivity index (χ3v) is 3.87. The van der Waals surface area contributed by atoms with E-state index in [0.717, 1.165) is 11.1 Å². The summed E-state index contributed by atoms with van der Waals surface area (Å²) in [4.78, 5) is 1.80. The number of rotatable bonds is 2. The van der Waals surface area contributed by atoms with Gasteiger partial charge in [0.1, 0.15) is 18.2 Å². The van der Waals surface area contributed by atoms with Gasteiger partial charge in [0.15, 0.2) is 5.57 Å². The van der Waals surface area contributed by atoms with Crippen LogP contribution in [0.3, 0.4) is 0 Å². The van der Waals surface area contributed by atoms with Gasteiger partial charge in [-0.1, -0.05) is 54.6 Å². The van der Waals surface area contributed by atoms with Crippen LogP contribution in [0.2, 0.25) is 0 Å². The second-order valence-corrected chi connectivity index (χ2v) is 5.38. The van der Waals surface area contributed by atoms with Gasteiger partial charge in [-0.15, -0.1) is 0 Å². The van der Waals surface area contributed by atoms with Crippen LogP contribution < -0.4 is 0 Å². The van der Waals surface area contributed by atoms with E-state index < -0.39 is 0 Å². The van der Waals surface area contributed by atoms with Crippen LogP contribution in [0, 0.1) is 22.7 Å². The van der Waals surface area contributed by atoms with Crippen LogP contribution >= 0.6 is 0 Å². The van der Waals surface area contributed by atoms with Crippen LogP contribution in [0.15, 0.2) is 66.1 Å². The van der Waals surface area contributed by atoms with Crippen LogP contribution in [0.1, 0.15) is 11.7 Å².